The normalized spacial score (nSPS) is 17.6. The minimum Gasteiger partial charge on any atom is -0.478 e. The van der Waals surface area contributed by atoms with Crippen molar-refractivity contribution in [3.8, 4) is 0 Å². The Morgan fingerprint density at radius 2 is 2.05 bits per heavy atom. The zero-order valence-electron chi connectivity index (χ0n) is 10.7. The lowest BCUT2D eigenvalue weighted by atomic mass is 9.97. The van der Waals surface area contributed by atoms with Crippen LogP contribution in [0.25, 0.3) is 0 Å². The molecule has 1 saturated heterocycles. The maximum absolute atomic E-state index is 13.5. The summed E-state index contributed by atoms with van der Waals surface area (Å²) in [5.41, 5.74) is 0.493. The SMILES string of the molecule is O=C(O)c1ccc(CN2CCC(CO)CC2)cc1F. The molecule has 1 aliphatic rings. The summed E-state index contributed by atoms with van der Waals surface area (Å²) in [5, 5.41) is 17.8. The lowest BCUT2D eigenvalue weighted by molar-refractivity contribution is 0.0692. The van der Waals surface area contributed by atoms with Gasteiger partial charge in [-0.05, 0) is 49.5 Å². The average molecular weight is 267 g/mol. The van der Waals surface area contributed by atoms with Gasteiger partial charge in [0, 0.05) is 13.2 Å². The van der Waals surface area contributed by atoms with Gasteiger partial charge in [0.15, 0.2) is 0 Å². The molecule has 0 saturated carbocycles. The molecule has 1 aliphatic heterocycles. The first-order valence-electron chi connectivity index (χ1n) is 6.45. The van der Waals surface area contributed by atoms with E-state index in [9.17, 15) is 9.18 Å². The van der Waals surface area contributed by atoms with Crippen molar-refractivity contribution >= 4 is 5.97 Å². The third-order valence-corrected chi connectivity index (χ3v) is 3.64. The van der Waals surface area contributed by atoms with Crippen molar-refractivity contribution in [2.45, 2.75) is 19.4 Å². The van der Waals surface area contributed by atoms with E-state index in [-0.39, 0.29) is 12.2 Å². The van der Waals surface area contributed by atoms with E-state index >= 15 is 0 Å². The third-order valence-electron chi connectivity index (χ3n) is 3.64. The van der Waals surface area contributed by atoms with Crippen molar-refractivity contribution in [2.75, 3.05) is 19.7 Å². The highest BCUT2D eigenvalue weighted by atomic mass is 19.1. The second-order valence-corrected chi connectivity index (χ2v) is 5.02. The summed E-state index contributed by atoms with van der Waals surface area (Å²) < 4.78 is 13.5. The number of benzene rings is 1. The Morgan fingerprint density at radius 3 is 2.58 bits per heavy atom. The van der Waals surface area contributed by atoms with Crippen LogP contribution in [-0.2, 0) is 6.54 Å². The highest BCUT2D eigenvalue weighted by molar-refractivity contribution is 5.87. The second-order valence-electron chi connectivity index (χ2n) is 5.02. The summed E-state index contributed by atoms with van der Waals surface area (Å²) >= 11 is 0. The quantitative estimate of drug-likeness (QED) is 0.872. The van der Waals surface area contributed by atoms with Gasteiger partial charge in [-0.25, -0.2) is 9.18 Å². The van der Waals surface area contributed by atoms with Crippen LogP contribution in [0.2, 0.25) is 0 Å². The van der Waals surface area contributed by atoms with Crippen molar-refractivity contribution < 1.29 is 19.4 Å². The Hall–Kier alpha value is -1.46. The predicted octanol–water partition coefficient (Wildman–Crippen LogP) is 1.73. The number of nitrogens with zero attached hydrogens (tertiary/aromatic N) is 1. The van der Waals surface area contributed by atoms with Crippen LogP contribution in [0.3, 0.4) is 0 Å². The van der Waals surface area contributed by atoms with Gasteiger partial charge in [-0.15, -0.1) is 0 Å². The first kappa shape index (κ1) is 14.0. The molecule has 0 bridgehead atoms. The molecule has 2 rings (SSSR count). The first-order chi connectivity index (χ1) is 9.10. The molecule has 0 amide bonds. The average Bonchev–Trinajstić information content (AvgIpc) is 2.39. The molecule has 1 heterocycles. The number of aliphatic hydroxyl groups is 1. The van der Waals surface area contributed by atoms with Crippen LogP contribution in [0.15, 0.2) is 18.2 Å². The number of carboxylic acids is 1. The maximum atomic E-state index is 13.5. The number of piperidine rings is 1. The summed E-state index contributed by atoms with van der Waals surface area (Å²) in [5.74, 6) is -1.55. The van der Waals surface area contributed by atoms with Crippen LogP contribution in [0.5, 0.6) is 0 Å². The van der Waals surface area contributed by atoms with E-state index < -0.39 is 11.8 Å². The molecular weight excluding hydrogens is 249 g/mol. The Labute approximate surface area is 111 Å². The fourth-order valence-corrected chi connectivity index (χ4v) is 2.42. The van der Waals surface area contributed by atoms with Gasteiger partial charge in [0.25, 0.3) is 0 Å². The van der Waals surface area contributed by atoms with Gasteiger partial charge in [0.1, 0.15) is 5.82 Å². The Kier molecular flexibility index (Phi) is 4.50. The van der Waals surface area contributed by atoms with Crippen LogP contribution >= 0.6 is 0 Å². The molecule has 1 fully saturated rings. The van der Waals surface area contributed by atoms with Gasteiger partial charge in [-0.2, -0.15) is 0 Å². The Balaban J connectivity index is 1.97. The smallest absolute Gasteiger partial charge is 0.338 e. The number of hydrogen-bond donors (Lipinski definition) is 2. The number of rotatable bonds is 4. The summed E-state index contributed by atoms with van der Waals surface area (Å²) in [6.07, 6.45) is 1.90. The van der Waals surface area contributed by atoms with Gasteiger partial charge < -0.3 is 10.2 Å². The monoisotopic (exact) mass is 267 g/mol. The topological polar surface area (TPSA) is 60.8 Å². The molecule has 1 aromatic carbocycles. The van der Waals surface area contributed by atoms with Crippen LogP contribution in [0.4, 0.5) is 4.39 Å². The van der Waals surface area contributed by atoms with Gasteiger partial charge in [-0.3, -0.25) is 4.90 Å². The lowest BCUT2D eigenvalue weighted by Gasteiger charge is -2.31. The summed E-state index contributed by atoms with van der Waals surface area (Å²) in [4.78, 5) is 12.9. The molecule has 104 valence electrons. The minimum atomic E-state index is -1.24. The molecule has 0 unspecified atom stereocenters. The molecule has 0 atom stereocenters. The van der Waals surface area contributed by atoms with E-state index in [1.807, 2.05) is 0 Å². The Bertz CT molecular complexity index is 456. The van der Waals surface area contributed by atoms with Crippen LogP contribution in [0.1, 0.15) is 28.8 Å². The molecule has 0 radical (unpaired) electrons. The molecule has 1 aromatic rings. The molecule has 0 spiro atoms. The number of aromatic carboxylic acids is 1. The summed E-state index contributed by atoms with van der Waals surface area (Å²) in [6.45, 7) is 2.62. The number of hydrogen-bond acceptors (Lipinski definition) is 3. The second kappa shape index (κ2) is 6.12. The number of likely N-dealkylation sites (tertiary alicyclic amines) is 1. The largest absolute Gasteiger partial charge is 0.478 e. The van der Waals surface area contributed by atoms with Crippen LogP contribution in [-0.4, -0.2) is 40.8 Å². The third kappa shape index (κ3) is 3.52. The van der Waals surface area contributed by atoms with E-state index in [1.54, 1.807) is 6.07 Å². The van der Waals surface area contributed by atoms with E-state index in [0.717, 1.165) is 31.5 Å². The zero-order chi connectivity index (χ0) is 13.8. The molecular formula is C14H18FNO3. The minimum absolute atomic E-state index is 0.232. The van der Waals surface area contributed by atoms with Crippen molar-refractivity contribution in [3.05, 3.63) is 35.1 Å². The van der Waals surface area contributed by atoms with Gasteiger partial charge in [-0.1, -0.05) is 6.07 Å². The molecule has 0 aliphatic carbocycles. The van der Waals surface area contributed by atoms with Crippen molar-refractivity contribution in [3.63, 3.8) is 0 Å². The maximum Gasteiger partial charge on any atom is 0.338 e. The van der Waals surface area contributed by atoms with Crippen molar-refractivity contribution in [1.29, 1.82) is 0 Å². The summed E-state index contributed by atoms with van der Waals surface area (Å²) in [7, 11) is 0. The molecule has 5 heteroatoms. The van der Waals surface area contributed by atoms with Crippen LogP contribution in [0, 0.1) is 11.7 Å². The number of carbonyl (C=O) groups is 1. The van der Waals surface area contributed by atoms with Gasteiger partial charge in [0.05, 0.1) is 5.56 Å². The van der Waals surface area contributed by atoms with E-state index in [0.29, 0.717) is 12.5 Å². The van der Waals surface area contributed by atoms with Gasteiger partial charge >= 0.3 is 5.97 Å². The van der Waals surface area contributed by atoms with Crippen molar-refractivity contribution in [1.82, 2.24) is 4.90 Å². The number of halogens is 1. The van der Waals surface area contributed by atoms with E-state index in [2.05, 4.69) is 4.90 Å². The first-order valence-corrected chi connectivity index (χ1v) is 6.45. The van der Waals surface area contributed by atoms with Crippen molar-refractivity contribution in [2.24, 2.45) is 5.92 Å². The zero-order valence-corrected chi connectivity index (χ0v) is 10.7. The summed E-state index contributed by atoms with van der Waals surface area (Å²) in [6, 6.07) is 4.26. The standard InChI is InChI=1S/C14H18FNO3/c15-13-7-11(1-2-12(13)14(18)19)8-16-5-3-10(9-17)4-6-16/h1-2,7,10,17H,3-6,8-9H2,(H,18,19). The highest BCUT2D eigenvalue weighted by Crippen LogP contribution is 2.19. The molecule has 2 N–H and O–H groups in total. The number of aliphatic hydroxyl groups excluding tert-OH is 1. The lowest BCUT2D eigenvalue weighted by Crippen LogP contribution is -2.34. The fraction of sp³-hybridized carbons (Fsp3) is 0.500. The predicted molar refractivity (Wildman–Crippen MR) is 68.4 cm³/mol. The Morgan fingerprint density at radius 1 is 1.37 bits per heavy atom. The van der Waals surface area contributed by atoms with Crippen LogP contribution < -0.4 is 0 Å². The van der Waals surface area contributed by atoms with Gasteiger partial charge in [0.2, 0.25) is 0 Å². The number of carboxylic acid groups (broad SMARTS) is 1. The highest BCUT2D eigenvalue weighted by Gasteiger charge is 2.19. The molecule has 0 aromatic heterocycles. The van der Waals surface area contributed by atoms with E-state index in [1.165, 1.54) is 12.1 Å². The molecule has 4 nitrogen and oxygen atoms in total. The van der Waals surface area contributed by atoms with E-state index in [4.69, 9.17) is 10.2 Å². The molecule has 19 heavy (non-hydrogen) atoms. The fourth-order valence-electron chi connectivity index (χ4n) is 2.42.